The predicted octanol–water partition coefficient (Wildman–Crippen LogP) is 6.03. The van der Waals surface area contributed by atoms with Crippen LogP contribution in [0.25, 0.3) is 17.0 Å². The zero-order chi connectivity index (χ0) is 23.8. The fourth-order valence-electron chi connectivity index (χ4n) is 3.78. The van der Waals surface area contributed by atoms with Crippen molar-refractivity contribution >= 4 is 55.7 Å². The topological polar surface area (TPSA) is 107 Å². The maximum Gasteiger partial charge on any atom is 0.265 e. The first-order chi connectivity index (χ1) is 17.1. The van der Waals surface area contributed by atoms with Gasteiger partial charge in [-0.1, -0.05) is 12.1 Å². The van der Waals surface area contributed by atoms with Gasteiger partial charge in [-0.2, -0.15) is 0 Å². The van der Waals surface area contributed by atoms with Gasteiger partial charge in [0.2, 0.25) is 0 Å². The first-order valence-corrected chi connectivity index (χ1v) is 12.9. The van der Waals surface area contributed by atoms with E-state index < -0.39 is 0 Å². The fraction of sp³-hybridized carbons (Fsp3) is 0.160. The van der Waals surface area contributed by atoms with Crippen molar-refractivity contribution in [3.63, 3.8) is 0 Å². The number of nitrogens with two attached hydrogens (primary N) is 1. The number of imidazole rings is 1. The third kappa shape index (κ3) is 4.45. The van der Waals surface area contributed by atoms with E-state index in [1.54, 1.807) is 18.2 Å². The number of thiazole rings is 1. The van der Waals surface area contributed by atoms with E-state index in [1.165, 1.54) is 29.1 Å². The quantitative estimate of drug-likeness (QED) is 0.235. The van der Waals surface area contributed by atoms with Gasteiger partial charge in [-0.3, -0.25) is 9.20 Å². The van der Waals surface area contributed by atoms with Crippen LogP contribution in [-0.4, -0.2) is 26.4 Å². The van der Waals surface area contributed by atoms with Crippen LogP contribution in [0.5, 0.6) is 5.75 Å². The molecule has 4 heterocycles. The highest BCUT2D eigenvalue weighted by molar-refractivity contribution is 7.19. The normalized spacial score (nSPS) is 13.5. The predicted molar refractivity (Wildman–Crippen MR) is 141 cm³/mol. The molecule has 4 aromatic heterocycles. The fourth-order valence-corrected chi connectivity index (χ4v) is 5.36. The lowest BCUT2D eigenvalue weighted by atomic mass is 9.96. The first kappa shape index (κ1) is 21.6. The van der Waals surface area contributed by atoms with Crippen molar-refractivity contribution in [1.29, 1.82) is 0 Å². The van der Waals surface area contributed by atoms with Crippen LogP contribution in [0.3, 0.4) is 0 Å². The van der Waals surface area contributed by atoms with E-state index in [2.05, 4.69) is 15.6 Å². The van der Waals surface area contributed by atoms with Crippen LogP contribution < -0.4 is 21.1 Å². The number of benzene rings is 1. The summed E-state index contributed by atoms with van der Waals surface area (Å²) < 4.78 is 8.06. The molecule has 0 bridgehead atoms. The lowest BCUT2D eigenvalue weighted by Gasteiger charge is -2.26. The van der Waals surface area contributed by atoms with Crippen molar-refractivity contribution in [2.45, 2.75) is 25.4 Å². The number of anilines is 4. The Balaban J connectivity index is 1.17. The summed E-state index contributed by atoms with van der Waals surface area (Å²) in [6, 6.07) is 14.8. The molecular formula is C25H22N6O2S2. The van der Waals surface area contributed by atoms with Gasteiger partial charge in [0.15, 0.2) is 5.13 Å². The summed E-state index contributed by atoms with van der Waals surface area (Å²) in [5, 5.41) is 9.71. The molecule has 1 aromatic carbocycles. The van der Waals surface area contributed by atoms with Crippen LogP contribution in [-0.2, 0) is 0 Å². The molecule has 0 atom stereocenters. The molecule has 35 heavy (non-hydrogen) atoms. The number of para-hydroxylation sites is 2. The Bertz CT molecular complexity index is 1520. The van der Waals surface area contributed by atoms with Gasteiger partial charge < -0.3 is 21.1 Å². The molecule has 4 N–H and O–H groups in total. The number of hydrogen-bond acceptors (Lipinski definition) is 8. The summed E-state index contributed by atoms with van der Waals surface area (Å²) in [5.41, 5.74) is 9.61. The van der Waals surface area contributed by atoms with Crippen LogP contribution in [0.1, 0.15) is 28.9 Å². The Hall–Kier alpha value is -3.89. The Kier molecular flexibility index (Phi) is 5.59. The number of nitrogens with one attached hydrogen (secondary N) is 2. The van der Waals surface area contributed by atoms with Gasteiger partial charge in [-0.15, -0.1) is 22.7 Å². The average Bonchev–Trinajstić information content (AvgIpc) is 3.57. The molecule has 1 aliphatic rings. The summed E-state index contributed by atoms with van der Waals surface area (Å²) in [6.45, 7) is 0. The highest BCUT2D eigenvalue weighted by Crippen LogP contribution is 2.32. The molecule has 5 aromatic rings. The number of ether oxygens (including phenoxy) is 1. The van der Waals surface area contributed by atoms with Gasteiger partial charge in [-0.25, -0.2) is 9.97 Å². The Morgan fingerprint density at radius 3 is 2.86 bits per heavy atom. The molecule has 10 heteroatoms. The number of thiophene rings is 1. The number of aromatic nitrogens is 3. The highest BCUT2D eigenvalue weighted by atomic mass is 32.1. The number of hydrogen-bond donors (Lipinski definition) is 3. The second-order valence-electron chi connectivity index (χ2n) is 8.28. The molecule has 0 saturated heterocycles. The van der Waals surface area contributed by atoms with Crippen LogP contribution in [0.15, 0.2) is 66.3 Å². The molecule has 0 radical (unpaired) electrons. The molecule has 1 fully saturated rings. The molecule has 8 nitrogen and oxygen atoms in total. The third-order valence-electron chi connectivity index (χ3n) is 5.87. The van der Waals surface area contributed by atoms with E-state index in [0.29, 0.717) is 22.4 Å². The highest BCUT2D eigenvalue weighted by Gasteiger charge is 2.20. The average molecular weight is 503 g/mol. The van der Waals surface area contributed by atoms with E-state index in [0.717, 1.165) is 45.8 Å². The number of nitrogens with zero attached hydrogens (tertiary/aromatic N) is 3. The minimum absolute atomic E-state index is 0.202. The van der Waals surface area contributed by atoms with Crippen molar-refractivity contribution in [3.8, 4) is 17.1 Å². The Labute approximate surface area is 209 Å². The number of fused-ring (bicyclic) bond motifs is 1. The number of carbonyl (C=O) groups excluding carboxylic acids is 1. The second-order valence-corrected chi connectivity index (χ2v) is 10.2. The lowest BCUT2D eigenvalue weighted by molar-refractivity contribution is 0.103. The monoisotopic (exact) mass is 502 g/mol. The molecule has 0 aliphatic heterocycles. The van der Waals surface area contributed by atoms with Crippen molar-refractivity contribution in [3.05, 3.63) is 71.2 Å². The zero-order valence-corrected chi connectivity index (χ0v) is 20.2. The van der Waals surface area contributed by atoms with E-state index >= 15 is 0 Å². The summed E-state index contributed by atoms with van der Waals surface area (Å²) in [5.74, 6) is 0.642. The summed E-state index contributed by atoms with van der Waals surface area (Å²) in [6.07, 6.45) is 7.58. The van der Waals surface area contributed by atoms with Crippen molar-refractivity contribution in [2.75, 3.05) is 16.4 Å². The lowest BCUT2D eigenvalue weighted by Crippen LogP contribution is -2.24. The maximum atomic E-state index is 12.6. The third-order valence-corrected chi connectivity index (χ3v) is 7.63. The van der Waals surface area contributed by atoms with Gasteiger partial charge in [-0.05, 0) is 55.7 Å². The molecular weight excluding hydrogens is 480 g/mol. The summed E-state index contributed by atoms with van der Waals surface area (Å²) >= 11 is 2.85. The standard InChI is InChI=1S/C25H22N6O2S2/c26-17-6-1-2-7-18(17)28-24(32)21-9-11-23(35-21)30-25-29-19(14-34-25)20-12-27-22-10-8-16(13-31(20)22)33-15-4-3-5-15/h1-2,6-15H,3-5,26H2,(H,28,32)(H,29,30). The number of rotatable bonds is 7. The largest absolute Gasteiger partial charge is 0.489 e. The maximum absolute atomic E-state index is 12.6. The molecule has 1 amide bonds. The van der Waals surface area contributed by atoms with Crippen LogP contribution >= 0.6 is 22.7 Å². The van der Waals surface area contributed by atoms with Gasteiger partial charge in [0.05, 0.1) is 45.4 Å². The van der Waals surface area contributed by atoms with E-state index in [4.69, 9.17) is 15.5 Å². The minimum atomic E-state index is -0.202. The first-order valence-electron chi connectivity index (χ1n) is 11.2. The van der Waals surface area contributed by atoms with Crippen LogP contribution in [0, 0.1) is 0 Å². The smallest absolute Gasteiger partial charge is 0.265 e. The molecule has 1 saturated carbocycles. The van der Waals surface area contributed by atoms with Gasteiger partial charge >= 0.3 is 0 Å². The SMILES string of the molecule is Nc1ccccc1NC(=O)c1ccc(Nc2nc(-c3cnc4ccc(OC5CCC5)cn34)cs2)s1. The molecule has 6 rings (SSSR count). The van der Waals surface area contributed by atoms with Crippen LogP contribution in [0.4, 0.5) is 21.5 Å². The van der Waals surface area contributed by atoms with E-state index in [9.17, 15) is 4.79 Å². The molecule has 0 unspecified atom stereocenters. The number of pyridine rings is 1. The molecule has 176 valence electrons. The van der Waals surface area contributed by atoms with Crippen molar-refractivity contribution < 1.29 is 9.53 Å². The molecule has 1 aliphatic carbocycles. The van der Waals surface area contributed by atoms with Gasteiger partial charge in [0, 0.05) is 5.38 Å². The van der Waals surface area contributed by atoms with Crippen molar-refractivity contribution in [2.24, 2.45) is 0 Å². The second kappa shape index (κ2) is 9.05. The Morgan fingerprint density at radius 1 is 1.14 bits per heavy atom. The van der Waals surface area contributed by atoms with Gasteiger partial charge in [0.1, 0.15) is 17.1 Å². The summed E-state index contributed by atoms with van der Waals surface area (Å²) in [4.78, 5) is 22.4. The van der Waals surface area contributed by atoms with E-state index in [-0.39, 0.29) is 5.91 Å². The van der Waals surface area contributed by atoms with Gasteiger partial charge in [0.25, 0.3) is 5.91 Å². The van der Waals surface area contributed by atoms with E-state index in [1.807, 2.05) is 52.5 Å². The minimum Gasteiger partial charge on any atom is -0.489 e. The number of amides is 1. The number of nitrogen functional groups attached to an aromatic ring is 1. The Morgan fingerprint density at radius 2 is 2.03 bits per heavy atom. The zero-order valence-electron chi connectivity index (χ0n) is 18.6. The summed E-state index contributed by atoms with van der Waals surface area (Å²) in [7, 11) is 0. The molecule has 0 spiro atoms. The van der Waals surface area contributed by atoms with Crippen LogP contribution in [0.2, 0.25) is 0 Å². The van der Waals surface area contributed by atoms with Crippen molar-refractivity contribution in [1.82, 2.24) is 14.4 Å². The number of carbonyl (C=O) groups is 1.